The summed E-state index contributed by atoms with van der Waals surface area (Å²) in [7, 11) is -0.514. The van der Waals surface area contributed by atoms with Gasteiger partial charge >= 0.3 is 10.2 Å². The van der Waals surface area contributed by atoms with Crippen LogP contribution >= 0.6 is 0 Å². The Morgan fingerprint density at radius 1 is 1.35 bits per heavy atom. The predicted octanol–water partition coefficient (Wildman–Crippen LogP) is 0.830. The molecule has 1 aromatic rings. The number of aliphatic hydroxyl groups excluding tert-OH is 1. The molecule has 1 rings (SSSR count). The Morgan fingerprint density at radius 2 is 2.06 bits per heavy atom. The first-order valence-electron chi connectivity index (χ1n) is 5.36. The summed E-state index contributed by atoms with van der Waals surface area (Å²) in [6, 6.07) is 7.17. The largest absolute Gasteiger partial charge is 0.396 e. The van der Waals surface area contributed by atoms with Gasteiger partial charge in [-0.25, -0.2) is 0 Å². The van der Waals surface area contributed by atoms with Crippen LogP contribution in [0, 0.1) is 0 Å². The van der Waals surface area contributed by atoms with Gasteiger partial charge in [0.05, 0.1) is 5.69 Å². The van der Waals surface area contributed by atoms with E-state index in [0.29, 0.717) is 12.1 Å². The van der Waals surface area contributed by atoms with Crippen molar-refractivity contribution in [1.82, 2.24) is 4.31 Å². The number of benzene rings is 1. The van der Waals surface area contributed by atoms with Crippen LogP contribution in [0.1, 0.15) is 12.0 Å². The van der Waals surface area contributed by atoms with Gasteiger partial charge in [-0.15, -0.1) is 0 Å². The van der Waals surface area contributed by atoms with Gasteiger partial charge in [-0.1, -0.05) is 12.1 Å². The van der Waals surface area contributed by atoms with Crippen LogP contribution in [0.3, 0.4) is 0 Å². The second-order valence-corrected chi connectivity index (χ2v) is 5.80. The molecule has 0 aliphatic heterocycles. The van der Waals surface area contributed by atoms with Gasteiger partial charge in [-0.2, -0.15) is 12.7 Å². The van der Waals surface area contributed by atoms with Crippen molar-refractivity contribution in [2.45, 2.75) is 12.8 Å². The zero-order valence-electron chi connectivity index (χ0n) is 10.0. The normalized spacial score (nSPS) is 11.8. The molecule has 0 amide bonds. The molecular weight excluding hydrogens is 240 g/mol. The van der Waals surface area contributed by atoms with Gasteiger partial charge in [0.1, 0.15) is 0 Å². The third kappa shape index (κ3) is 4.33. The van der Waals surface area contributed by atoms with E-state index >= 15 is 0 Å². The lowest BCUT2D eigenvalue weighted by molar-refractivity contribution is 0.288. The maximum absolute atomic E-state index is 11.6. The summed E-state index contributed by atoms with van der Waals surface area (Å²) in [5.74, 6) is 0. The molecule has 5 nitrogen and oxygen atoms in total. The second-order valence-electron chi connectivity index (χ2n) is 3.92. The first-order valence-corrected chi connectivity index (χ1v) is 6.80. The Morgan fingerprint density at radius 3 is 2.65 bits per heavy atom. The lowest BCUT2D eigenvalue weighted by Crippen LogP contribution is -2.28. The Kier molecular flexibility index (Phi) is 4.92. The molecule has 0 aliphatic rings. The first kappa shape index (κ1) is 14.0. The van der Waals surface area contributed by atoms with Gasteiger partial charge in [-0.05, 0) is 30.5 Å². The summed E-state index contributed by atoms with van der Waals surface area (Å²) in [4.78, 5) is 0. The maximum atomic E-state index is 11.6. The van der Waals surface area contributed by atoms with E-state index in [1.165, 1.54) is 14.1 Å². The van der Waals surface area contributed by atoms with E-state index in [9.17, 15) is 8.42 Å². The average molecular weight is 258 g/mol. The highest BCUT2D eigenvalue weighted by Gasteiger charge is 2.12. The molecule has 0 aliphatic carbocycles. The lowest BCUT2D eigenvalue weighted by Gasteiger charge is -2.13. The monoisotopic (exact) mass is 258 g/mol. The minimum Gasteiger partial charge on any atom is -0.396 e. The van der Waals surface area contributed by atoms with Gasteiger partial charge in [0.2, 0.25) is 0 Å². The molecule has 0 spiro atoms. The van der Waals surface area contributed by atoms with E-state index < -0.39 is 10.2 Å². The van der Waals surface area contributed by atoms with Crippen LogP contribution in [0.2, 0.25) is 0 Å². The molecule has 0 heterocycles. The van der Waals surface area contributed by atoms with Crippen molar-refractivity contribution in [3.05, 3.63) is 29.8 Å². The number of aryl methyl sites for hydroxylation is 1. The van der Waals surface area contributed by atoms with Gasteiger partial charge in [0.25, 0.3) is 0 Å². The van der Waals surface area contributed by atoms with E-state index in [2.05, 4.69) is 4.72 Å². The van der Waals surface area contributed by atoms with E-state index in [0.717, 1.165) is 16.3 Å². The Hall–Kier alpha value is -1.11. The average Bonchev–Trinajstić information content (AvgIpc) is 2.26. The van der Waals surface area contributed by atoms with Crippen LogP contribution in [0.5, 0.6) is 0 Å². The molecule has 0 bridgehead atoms. The van der Waals surface area contributed by atoms with E-state index in [1.807, 2.05) is 6.07 Å². The SMILES string of the molecule is CN(C)S(=O)(=O)Nc1cccc(CCCO)c1. The maximum Gasteiger partial charge on any atom is 0.301 e. The van der Waals surface area contributed by atoms with Crippen LogP contribution in [-0.2, 0) is 16.6 Å². The van der Waals surface area contributed by atoms with Crippen molar-refractivity contribution in [3.63, 3.8) is 0 Å². The van der Waals surface area contributed by atoms with E-state index in [-0.39, 0.29) is 6.61 Å². The molecule has 0 radical (unpaired) electrons. The van der Waals surface area contributed by atoms with Gasteiger partial charge in [-0.3, -0.25) is 4.72 Å². The molecule has 0 unspecified atom stereocenters. The fraction of sp³-hybridized carbons (Fsp3) is 0.455. The van der Waals surface area contributed by atoms with Crippen molar-refractivity contribution < 1.29 is 13.5 Å². The molecule has 0 fully saturated rings. The Bertz CT molecular complexity index is 458. The van der Waals surface area contributed by atoms with Crippen LogP contribution in [0.4, 0.5) is 5.69 Å². The third-order valence-electron chi connectivity index (χ3n) is 2.28. The van der Waals surface area contributed by atoms with Gasteiger partial charge in [0.15, 0.2) is 0 Å². The summed E-state index contributed by atoms with van der Waals surface area (Å²) in [6.45, 7) is 0.133. The molecule has 0 atom stereocenters. The number of hydrogen-bond donors (Lipinski definition) is 2. The fourth-order valence-electron chi connectivity index (χ4n) is 1.31. The highest BCUT2D eigenvalue weighted by Crippen LogP contribution is 2.14. The second kappa shape index (κ2) is 6.00. The number of nitrogens with one attached hydrogen (secondary N) is 1. The van der Waals surface area contributed by atoms with E-state index in [1.54, 1.807) is 18.2 Å². The summed E-state index contributed by atoms with van der Waals surface area (Å²) in [5.41, 5.74) is 1.53. The number of nitrogens with zero attached hydrogens (tertiary/aromatic N) is 1. The predicted molar refractivity (Wildman–Crippen MR) is 68.1 cm³/mol. The highest BCUT2D eigenvalue weighted by atomic mass is 32.2. The standard InChI is InChI=1S/C11H18N2O3S/c1-13(2)17(15,16)12-11-7-3-5-10(9-11)6-4-8-14/h3,5,7,9,12,14H,4,6,8H2,1-2H3. The Labute approximate surface area is 102 Å². The molecule has 96 valence electrons. The zero-order valence-corrected chi connectivity index (χ0v) is 10.9. The molecular formula is C11H18N2O3S. The number of hydrogen-bond acceptors (Lipinski definition) is 3. The van der Waals surface area contributed by atoms with Crippen LogP contribution < -0.4 is 4.72 Å². The summed E-state index contributed by atoms with van der Waals surface area (Å²) in [6.07, 6.45) is 1.40. The van der Waals surface area contributed by atoms with Gasteiger partial charge in [0, 0.05) is 20.7 Å². The van der Waals surface area contributed by atoms with Crippen molar-refractivity contribution in [1.29, 1.82) is 0 Å². The smallest absolute Gasteiger partial charge is 0.301 e. The van der Waals surface area contributed by atoms with Crippen molar-refractivity contribution in [3.8, 4) is 0 Å². The number of aliphatic hydroxyl groups is 1. The Balaban J connectivity index is 2.79. The first-order chi connectivity index (χ1) is 7.95. The minimum atomic E-state index is -3.45. The summed E-state index contributed by atoms with van der Waals surface area (Å²) >= 11 is 0. The quantitative estimate of drug-likeness (QED) is 0.794. The third-order valence-corrected chi connectivity index (χ3v) is 3.73. The summed E-state index contributed by atoms with van der Waals surface area (Å²) < 4.78 is 26.8. The molecule has 6 heteroatoms. The van der Waals surface area contributed by atoms with Crippen molar-refractivity contribution >= 4 is 15.9 Å². The summed E-state index contributed by atoms with van der Waals surface area (Å²) in [5, 5.41) is 8.74. The van der Waals surface area contributed by atoms with Crippen LogP contribution in [-0.4, -0.2) is 38.5 Å². The lowest BCUT2D eigenvalue weighted by atomic mass is 10.1. The topological polar surface area (TPSA) is 69.6 Å². The van der Waals surface area contributed by atoms with Crippen LogP contribution in [0.15, 0.2) is 24.3 Å². The molecule has 2 N–H and O–H groups in total. The molecule has 0 aromatic heterocycles. The van der Waals surface area contributed by atoms with Gasteiger partial charge < -0.3 is 5.11 Å². The van der Waals surface area contributed by atoms with Crippen molar-refractivity contribution in [2.24, 2.45) is 0 Å². The molecule has 0 saturated heterocycles. The number of rotatable bonds is 6. The zero-order chi connectivity index (χ0) is 12.9. The minimum absolute atomic E-state index is 0.133. The van der Waals surface area contributed by atoms with Crippen LogP contribution in [0.25, 0.3) is 0 Å². The fourth-order valence-corrected chi connectivity index (χ4v) is 1.92. The highest BCUT2D eigenvalue weighted by molar-refractivity contribution is 7.90. The molecule has 0 saturated carbocycles. The molecule has 17 heavy (non-hydrogen) atoms. The number of anilines is 1. The van der Waals surface area contributed by atoms with Crippen molar-refractivity contribution in [2.75, 3.05) is 25.4 Å². The molecule has 1 aromatic carbocycles. The van der Waals surface area contributed by atoms with E-state index in [4.69, 9.17) is 5.11 Å².